The molecule has 6 heteroatoms. The summed E-state index contributed by atoms with van der Waals surface area (Å²) in [6, 6.07) is 11.2. The minimum absolute atomic E-state index is 0.653. The molecule has 2 aromatic rings. The van der Waals surface area contributed by atoms with Gasteiger partial charge in [0.15, 0.2) is 5.82 Å². The molecule has 1 saturated heterocycles. The van der Waals surface area contributed by atoms with E-state index in [4.69, 9.17) is 17.3 Å². The van der Waals surface area contributed by atoms with Crippen LogP contribution in [-0.2, 0) is 13.2 Å². The molecule has 1 aromatic carbocycles. The van der Waals surface area contributed by atoms with Crippen molar-refractivity contribution in [1.82, 2.24) is 24.1 Å². The molecule has 1 aromatic heterocycles. The van der Waals surface area contributed by atoms with Crippen LogP contribution in [0.2, 0.25) is 0 Å². The summed E-state index contributed by atoms with van der Waals surface area (Å²) in [7, 11) is 0. The van der Waals surface area contributed by atoms with Crippen molar-refractivity contribution in [2.45, 2.75) is 58.8 Å². The minimum atomic E-state index is 0.653. The molecular weight excluding hydrogens is 354 g/mol. The normalized spacial score (nSPS) is 18.1. The molecule has 0 radical (unpaired) electrons. The monoisotopic (exact) mass is 385 g/mol. The molecule has 0 unspecified atom stereocenters. The van der Waals surface area contributed by atoms with E-state index in [0.29, 0.717) is 12.0 Å². The molecule has 0 spiro atoms. The van der Waals surface area contributed by atoms with Gasteiger partial charge in [0.05, 0.1) is 13.2 Å². The van der Waals surface area contributed by atoms with E-state index in [1.165, 1.54) is 25.7 Å². The Morgan fingerprint density at radius 3 is 2.48 bits per heavy atom. The molecule has 2 aliphatic rings. The van der Waals surface area contributed by atoms with E-state index >= 15 is 0 Å². The molecule has 5 nitrogen and oxygen atoms in total. The van der Waals surface area contributed by atoms with Crippen LogP contribution in [0.25, 0.3) is 5.69 Å². The lowest BCUT2D eigenvalue weighted by molar-refractivity contribution is 0.173. The predicted octanol–water partition coefficient (Wildman–Crippen LogP) is 4.08. The van der Waals surface area contributed by atoms with Crippen LogP contribution in [0.1, 0.15) is 45.4 Å². The molecule has 27 heavy (non-hydrogen) atoms. The highest BCUT2D eigenvalue weighted by Gasteiger charge is 2.30. The second kappa shape index (κ2) is 8.25. The maximum atomic E-state index is 5.89. The zero-order chi connectivity index (χ0) is 18.8. The van der Waals surface area contributed by atoms with E-state index in [-0.39, 0.29) is 0 Å². The smallest absolute Gasteiger partial charge is 0.203 e. The summed E-state index contributed by atoms with van der Waals surface area (Å²) >= 11 is 5.89. The quantitative estimate of drug-likeness (QED) is 0.641. The molecule has 1 aliphatic carbocycles. The zero-order valence-corrected chi connectivity index (χ0v) is 17.4. The first kappa shape index (κ1) is 18.8. The van der Waals surface area contributed by atoms with Crippen LogP contribution in [0, 0.1) is 10.7 Å². The number of para-hydroxylation sites is 1. The average Bonchev–Trinajstić information content (AvgIpc) is 3.30. The van der Waals surface area contributed by atoms with Crippen molar-refractivity contribution >= 4 is 12.2 Å². The summed E-state index contributed by atoms with van der Waals surface area (Å²) in [5, 5.41) is 5.00. The van der Waals surface area contributed by atoms with Gasteiger partial charge in [-0.25, -0.2) is 4.68 Å². The Morgan fingerprint density at radius 1 is 1.15 bits per heavy atom. The Hall–Kier alpha value is -1.50. The van der Waals surface area contributed by atoms with Gasteiger partial charge >= 0.3 is 0 Å². The van der Waals surface area contributed by atoms with Crippen molar-refractivity contribution in [3.05, 3.63) is 40.9 Å². The molecule has 0 amide bonds. The van der Waals surface area contributed by atoms with Crippen LogP contribution >= 0.6 is 12.2 Å². The van der Waals surface area contributed by atoms with Crippen molar-refractivity contribution in [1.29, 1.82) is 0 Å². The molecule has 1 saturated carbocycles. The zero-order valence-electron chi connectivity index (χ0n) is 16.5. The minimum Gasteiger partial charge on any atom is -0.296 e. The lowest BCUT2D eigenvalue weighted by Crippen LogP contribution is -2.32. The van der Waals surface area contributed by atoms with Crippen molar-refractivity contribution in [3.8, 4) is 5.69 Å². The van der Waals surface area contributed by atoms with Crippen LogP contribution in [0.3, 0.4) is 0 Å². The van der Waals surface area contributed by atoms with E-state index in [9.17, 15) is 0 Å². The van der Waals surface area contributed by atoms with Gasteiger partial charge in [-0.2, -0.15) is 5.10 Å². The Labute approximate surface area is 167 Å². The van der Waals surface area contributed by atoms with Crippen LogP contribution in [-0.4, -0.2) is 49.8 Å². The molecule has 0 N–H and O–H groups in total. The summed E-state index contributed by atoms with van der Waals surface area (Å²) in [6.07, 6.45) is 5.19. The van der Waals surface area contributed by atoms with E-state index in [1.54, 1.807) is 0 Å². The van der Waals surface area contributed by atoms with Crippen molar-refractivity contribution in [3.63, 3.8) is 0 Å². The second-order valence-corrected chi connectivity index (χ2v) is 8.76. The molecule has 146 valence electrons. The number of hydrogen-bond donors (Lipinski definition) is 0. The number of nitrogens with zero attached hydrogens (tertiary/aromatic N) is 5. The van der Waals surface area contributed by atoms with Gasteiger partial charge in [-0.05, 0) is 69.0 Å². The van der Waals surface area contributed by atoms with E-state index in [2.05, 4.69) is 63.2 Å². The Bertz CT molecular complexity index is 800. The summed E-state index contributed by atoms with van der Waals surface area (Å²) in [5.74, 6) is 1.72. The standard InChI is InChI=1S/C21H31N5S/c1-17(2)14-24(18-10-11-18)16-25-21(27)26(19-8-4-3-5-9-19)20(22-25)15-23-12-6-7-13-23/h3-5,8-9,17-18H,6-7,10-16H2,1-2H3. The maximum absolute atomic E-state index is 5.89. The van der Waals surface area contributed by atoms with Gasteiger partial charge in [0, 0.05) is 18.3 Å². The Kier molecular flexibility index (Phi) is 5.76. The third-order valence-corrected chi connectivity index (χ3v) is 5.86. The van der Waals surface area contributed by atoms with Gasteiger partial charge in [-0.1, -0.05) is 32.0 Å². The molecule has 4 rings (SSSR count). The van der Waals surface area contributed by atoms with Crippen molar-refractivity contribution in [2.75, 3.05) is 19.6 Å². The van der Waals surface area contributed by atoms with Crippen LogP contribution in [0.15, 0.2) is 30.3 Å². The van der Waals surface area contributed by atoms with Gasteiger partial charge < -0.3 is 0 Å². The molecule has 2 heterocycles. The molecule has 0 bridgehead atoms. The van der Waals surface area contributed by atoms with Gasteiger partial charge in [0.2, 0.25) is 4.77 Å². The first-order chi connectivity index (χ1) is 13.1. The largest absolute Gasteiger partial charge is 0.296 e. The molecular formula is C21H31N5S. The third-order valence-electron chi connectivity index (χ3n) is 5.46. The Morgan fingerprint density at radius 2 is 1.85 bits per heavy atom. The van der Waals surface area contributed by atoms with E-state index < -0.39 is 0 Å². The van der Waals surface area contributed by atoms with Gasteiger partial charge in [-0.15, -0.1) is 0 Å². The average molecular weight is 386 g/mol. The highest BCUT2D eigenvalue weighted by Crippen LogP contribution is 2.28. The van der Waals surface area contributed by atoms with Crippen molar-refractivity contribution < 1.29 is 0 Å². The van der Waals surface area contributed by atoms with Gasteiger partial charge in [0.25, 0.3) is 0 Å². The fourth-order valence-corrected chi connectivity index (χ4v) is 4.34. The topological polar surface area (TPSA) is 29.2 Å². The second-order valence-electron chi connectivity index (χ2n) is 8.39. The lowest BCUT2D eigenvalue weighted by Gasteiger charge is -2.23. The van der Waals surface area contributed by atoms with Gasteiger partial charge in [0.1, 0.15) is 0 Å². The number of rotatable bonds is 8. The number of hydrogen-bond acceptors (Lipinski definition) is 4. The van der Waals surface area contributed by atoms with Crippen LogP contribution < -0.4 is 0 Å². The SMILES string of the molecule is CC(C)CN(Cn1nc(CN2CCCC2)n(-c2ccccc2)c1=S)C1CC1. The first-order valence-corrected chi connectivity index (χ1v) is 10.7. The Balaban J connectivity index is 1.65. The molecule has 0 atom stereocenters. The van der Waals surface area contributed by atoms with Crippen molar-refractivity contribution in [2.24, 2.45) is 5.92 Å². The fourth-order valence-electron chi connectivity index (χ4n) is 4.03. The third kappa shape index (κ3) is 4.50. The predicted molar refractivity (Wildman–Crippen MR) is 111 cm³/mol. The highest BCUT2D eigenvalue weighted by molar-refractivity contribution is 7.71. The summed E-state index contributed by atoms with van der Waals surface area (Å²) in [4.78, 5) is 5.05. The lowest BCUT2D eigenvalue weighted by atomic mass is 10.2. The molecule has 2 fully saturated rings. The van der Waals surface area contributed by atoms with E-state index in [1.807, 2.05) is 0 Å². The molecule has 1 aliphatic heterocycles. The number of aromatic nitrogens is 3. The summed E-state index contributed by atoms with van der Waals surface area (Å²) in [6.45, 7) is 9.68. The number of likely N-dealkylation sites (tertiary alicyclic amines) is 1. The number of benzene rings is 1. The fraction of sp³-hybridized carbons (Fsp3) is 0.619. The van der Waals surface area contributed by atoms with Crippen LogP contribution in [0.5, 0.6) is 0 Å². The summed E-state index contributed by atoms with van der Waals surface area (Å²) < 4.78 is 5.03. The highest BCUT2D eigenvalue weighted by atomic mass is 32.1. The summed E-state index contributed by atoms with van der Waals surface area (Å²) in [5.41, 5.74) is 1.12. The first-order valence-electron chi connectivity index (χ1n) is 10.3. The maximum Gasteiger partial charge on any atom is 0.203 e. The van der Waals surface area contributed by atoms with Gasteiger partial charge in [-0.3, -0.25) is 14.4 Å². The van der Waals surface area contributed by atoms with Crippen LogP contribution in [0.4, 0.5) is 0 Å². The van der Waals surface area contributed by atoms with E-state index in [0.717, 1.165) is 49.1 Å².